The second-order valence-corrected chi connectivity index (χ2v) is 10.1. The van der Waals surface area contributed by atoms with Crippen molar-refractivity contribution in [2.75, 3.05) is 11.8 Å². The lowest BCUT2D eigenvalue weighted by Crippen LogP contribution is -2.44. The summed E-state index contributed by atoms with van der Waals surface area (Å²) in [7, 11) is -2.72. The van der Waals surface area contributed by atoms with E-state index in [9.17, 15) is 27.2 Å². The molecule has 1 aromatic heterocycles. The monoisotopic (exact) mass is 536 g/mol. The van der Waals surface area contributed by atoms with E-state index in [1.807, 2.05) is 0 Å². The molecule has 10 nitrogen and oxygen atoms in total. The number of benzene rings is 3. The van der Waals surface area contributed by atoms with E-state index in [4.69, 9.17) is 4.74 Å². The summed E-state index contributed by atoms with van der Waals surface area (Å²) in [6.07, 6.45) is 0. The van der Waals surface area contributed by atoms with Crippen molar-refractivity contribution >= 4 is 38.6 Å². The van der Waals surface area contributed by atoms with Crippen LogP contribution in [-0.4, -0.2) is 36.6 Å². The lowest BCUT2D eigenvalue weighted by atomic mass is 10.1. The zero-order valence-corrected chi connectivity index (χ0v) is 20.8. The molecule has 0 bridgehead atoms. The molecule has 5 rings (SSSR count). The number of rotatable bonds is 6. The Bertz CT molecular complexity index is 1750. The number of carbonyl (C=O) groups excluding carboxylic acids is 2. The van der Waals surface area contributed by atoms with E-state index in [1.54, 1.807) is 24.3 Å². The lowest BCUT2D eigenvalue weighted by Gasteiger charge is -2.29. The third-order valence-electron chi connectivity index (χ3n) is 6.12. The average molecular weight is 537 g/mol. The number of hydrogen-bond donors (Lipinski definition) is 3. The molecule has 0 atom stereocenters. The van der Waals surface area contributed by atoms with E-state index in [1.165, 1.54) is 49.6 Å². The van der Waals surface area contributed by atoms with Crippen molar-refractivity contribution in [1.29, 1.82) is 0 Å². The van der Waals surface area contributed by atoms with Crippen LogP contribution in [0.4, 0.5) is 10.1 Å². The third kappa shape index (κ3) is 4.68. The van der Waals surface area contributed by atoms with Gasteiger partial charge in [-0.3, -0.25) is 19.1 Å². The van der Waals surface area contributed by atoms with Gasteiger partial charge in [0.15, 0.2) is 0 Å². The molecule has 38 heavy (non-hydrogen) atoms. The standard InChI is InChI=1S/C26H21FN4O6S/c1-37-18-6-2-15(3-7-18)14-31-26(34)20-8-4-16(12-22(20)30-38(31,35)36)25(33)28-13-17-5-10-21(27)19-9-11-23(32)29-24(17)19/h2-12,30H,13-14H2,1H3,(H,28,33)(H,29,32). The predicted molar refractivity (Wildman–Crippen MR) is 138 cm³/mol. The first-order valence-electron chi connectivity index (χ1n) is 11.4. The van der Waals surface area contributed by atoms with Gasteiger partial charge in [0.05, 0.1) is 30.4 Å². The van der Waals surface area contributed by atoms with Gasteiger partial charge < -0.3 is 15.0 Å². The van der Waals surface area contributed by atoms with Gasteiger partial charge in [0.1, 0.15) is 11.6 Å². The number of aromatic nitrogens is 1. The Morgan fingerprint density at radius 3 is 2.53 bits per heavy atom. The smallest absolute Gasteiger partial charge is 0.326 e. The minimum atomic E-state index is -4.23. The number of pyridine rings is 1. The molecule has 0 spiro atoms. The molecule has 0 unspecified atom stereocenters. The van der Waals surface area contributed by atoms with Crippen LogP contribution in [0.2, 0.25) is 0 Å². The lowest BCUT2D eigenvalue weighted by molar-refractivity contribution is 0.0852. The van der Waals surface area contributed by atoms with E-state index in [0.29, 0.717) is 16.9 Å². The number of ether oxygens (including phenoxy) is 1. The van der Waals surface area contributed by atoms with Crippen LogP contribution < -0.4 is 20.3 Å². The minimum Gasteiger partial charge on any atom is -0.497 e. The summed E-state index contributed by atoms with van der Waals surface area (Å²) in [5.41, 5.74) is 1.08. The quantitative estimate of drug-likeness (QED) is 0.347. The van der Waals surface area contributed by atoms with Gasteiger partial charge in [-0.05, 0) is 53.6 Å². The Balaban J connectivity index is 1.35. The number of H-pyrrole nitrogens is 1. The molecule has 0 saturated carbocycles. The number of nitrogens with zero attached hydrogens (tertiary/aromatic N) is 1. The second kappa shape index (κ2) is 9.63. The van der Waals surface area contributed by atoms with Gasteiger partial charge >= 0.3 is 10.2 Å². The van der Waals surface area contributed by atoms with Crippen molar-refractivity contribution in [3.63, 3.8) is 0 Å². The molecule has 194 valence electrons. The van der Waals surface area contributed by atoms with Crippen LogP contribution in [0.5, 0.6) is 5.75 Å². The maximum absolute atomic E-state index is 14.1. The van der Waals surface area contributed by atoms with Crippen LogP contribution in [0, 0.1) is 5.82 Å². The van der Waals surface area contributed by atoms with Crippen LogP contribution >= 0.6 is 0 Å². The summed E-state index contributed by atoms with van der Waals surface area (Å²) in [6, 6.07) is 15.9. The largest absolute Gasteiger partial charge is 0.497 e. The maximum atomic E-state index is 14.1. The molecule has 1 aliphatic rings. The van der Waals surface area contributed by atoms with Crippen LogP contribution in [0.25, 0.3) is 10.9 Å². The molecule has 12 heteroatoms. The summed E-state index contributed by atoms with van der Waals surface area (Å²) < 4.78 is 48.0. The topological polar surface area (TPSA) is 138 Å². The third-order valence-corrected chi connectivity index (χ3v) is 7.47. The molecule has 2 heterocycles. The summed E-state index contributed by atoms with van der Waals surface area (Å²) in [4.78, 5) is 40.2. The van der Waals surface area contributed by atoms with E-state index in [2.05, 4.69) is 15.0 Å². The molecular formula is C26H21FN4O6S. The summed E-state index contributed by atoms with van der Waals surface area (Å²) in [6.45, 7) is -0.222. The molecule has 4 aromatic rings. The maximum Gasteiger partial charge on any atom is 0.326 e. The average Bonchev–Trinajstić information content (AvgIpc) is 2.90. The molecule has 3 aromatic carbocycles. The van der Waals surface area contributed by atoms with Crippen molar-refractivity contribution in [3.8, 4) is 5.75 Å². The first-order chi connectivity index (χ1) is 18.2. The van der Waals surface area contributed by atoms with Gasteiger partial charge in [0.2, 0.25) is 5.56 Å². The Hall–Kier alpha value is -4.71. The summed E-state index contributed by atoms with van der Waals surface area (Å²) in [5.74, 6) is -1.21. The molecule has 3 N–H and O–H groups in total. The zero-order valence-electron chi connectivity index (χ0n) is 19.9. The summed E-state index contributed by atoms with van der Waals surface area (Å²) in [5, 5.41) is 2.88. The fourth-order valence-corrected chi connectivity index (χ4v) is 5.34. The van der Waals surface area contributed by atoms with Crippen LogP contribution in [0.3, 0.4) is 0 Å². The Morgan fingerprint density at radius 2 is 1.79 bits per heavy atom. The number of hydrogen-bond acceptors (Lipinski definition) is 6. The van der Waals surface area contributed by atoms with E-state index in [0.717, 1.165) is 4.31 Å². The Labute approximate surface area is 216 Å². The van der Waals surface area contributed by atoms with Crippen LogP contribution in [0.15, 0.2) is 71.5 Å². The number of nitrogens with one attached hydrogen (secondary N) is 3. The van der Waals surface area contributed by atoms with Crippen LogP contribution in [-0.2, 0) is 23.3 Å². The van der Waals surface area contributed by atoms with E-state index >= 15 is 0 Å². The zero-order chi connectivity index (χ0) is 27.0. The molecular weight excluding hydrogens is 515 g/mol. The van der Waals surface area contributed by atoms with Gasteiger partial charge in [0.25, 0.3) is 11.8 Å². The van der Waals surface area contributed by atoms with Crippen molar-refractivity contribution in [2.24, 2.45) is 0 Å². The number of carbonyl (C=O) groups is 2. The molecule has 0 radical (unpaired) electrons. The van der Waals surface area contributed by atoms with Gasteiger partial charge in [-0.2, -0.15) is 8.42 Å². The number of halogens is 1. The predicted octanol–water partition coefficient (Wildman–Crippen LogP) is 2.92. The van der Waals surface area contributed by atoms with Gasteiger partial charge in [-0.15, -0.1) is 0 Å². The van der Waals surface area contributed by atoms with Gasteiger partial charge in [0, 0.05) is 23.6 Å². The number of fused-ring (bicyclic) bond motifs is 2. The van der Waals surface area contributed by atoms with Crippen LogP contribution in [0.1, 0.15) is 31.8 Å². The first kappa shape index (κ1) is 25.0. The molecule has 1 aliphatic heterocycles. The van der Waals surface area contributed by atoms with E-state index in [-0.39, 0.29) is 40.8 Å². The highest BCUT2D eigenvalue weighted by Gasteiger charge is 2.36. The van der Waals surface area contributed by atoms with Crippen molar-refractivity contribution < 1.29 is 27.1 Å². The molecule has 0 saturated heterocycles. The molecule has 2 amide bonds. The Kier molecular flexibility index (Phi) is 6.33. The first-order valence-corrected chi connectivity index (χ1v) is 12.8. The van der Waals surface area contributed by atoms with E-state index < -0.39 is 33.4 Å². The number of amides is 2. The number of methoxy groups -OCH3 is 1. The minimum absolute atomic E-state index is 0.0230. The summed E-state index contributed by atoms with van der Waals surface area (Å²) >= 11 is 0. The fourth-order valence-electron chi connectivity index (χ4n) is 4.15. The molecule has 0 fully saturated rings. The van der Waals surface area contributed by atoms with Gasteiger partial charge in [-0.25, -0.2) is 8.70 Å². The highest BCUT2D eigenvalue weighted by molar-refractivity contribution is 7.91. The van der Waals surface area contributed by atoms with Crippen molar-refractivity contribution in [1.82, 2.24) is 14.6 Å². The Morgan fingerprint density at radius 1 is 1.03 bits per heavy atom. The molecule has 0 aliphatic carbocycles. The van der Waals surface area contributed by atoms with Crippen molar-refractivity contribution in [3.05, 3.63) is 105 Å². The SMILES string of the molecule is COc1ccc(CN2C(=O)c3ccc(C(=O)NCc4ccc(F)c5ccc(=O)[nH]c45)cc3NS2(=O)=O)cc1. The normalized spacial score (nSPS) is 14.1. The van der Waals surface area contributed by atoms with Crippen molar-refractivity contribution in [2.45, 2.75) is 13.1 Å². The highest BCUT2D eigenvalue weighted by Crippen LogP contribution is 2.29. The second-order valence-electron chi connectivity index (χ2n) is 8.53. The van der Waals surface area contributed by atoms with Gasteiger partial charge in [-0.1, -0.05) is 18.2 Å². The highest BCUT2D eigenvalue weighted by atomic mass is 32.2. The number of aromatic amines is 1. The number of anilines is 1. The fraction of sp³-hybridized carbons (Fsp3) is 0.115.